The van der Waals surface area contributed by atoms with Crippen LogP contribution in [0.4, 0.5) is 5.82 Å². The summed E-state index contributed by atoms with van der Waals surface area (Å²) in [5.74, 6) is 1.10. The van der Waals surface area contributed by atoms with E-state index < -0.39 is 0 Å². The SMILES string of the molecule is Cc1nc(N2CCC3(CCCCO3)CC2)ccc1C1(N)CC2(CC(N)C2)C1. The number of hydrogen-bond donors (Lipinski definition) is 2. The van der Waals surface area contributed by atoms with Gasteiger partial charge in [0.05, 0.1) is 5.60 Å². The molecule has 5 heteroatoms. The van der Waals surface area contributed by atoms with Crippen molar-refractivity contribution in [2.75, 3.05) is 24.6 Å². The zero-order chi connectivity index (χ0) is 18.7. The number of hydrogen-bond acceptors (Lipinski definition) is 5. The highest BCUT2D eigenvalue weighted by molar-refractivity contribution is 5.45. The maximum atomic E-state index is 6.77. The first kappa shape index (κ1) is 17.9. The first-order valence-corrected chi connectivity index (χ1v) is 10.8. The van der Waals surface area contributed by atoms with Crippen LogP contribution in [0.15, 0.2) is 12.1 Å². The van der Waals surface area contributed by atoms with Crippen LogP contribution in [-0.2, 0) is 10.3 Å². The van der Waals surface area contributed by atoms with Crippen molar-refractivity contribution >= 4 is 5.82 Å². The molecule has 4 N–H and O–H groups in total. The van der Waals surface area contributed by atoms with Crippen molar-refractivity contribution in [3.63, 3.8) is 0 Å². The van der Waals surface area contributed by atoms with Gasteiger partial charge in [-0.15, -0.1) is 0 Å². The molecule has 2 saturated carbocycles. The van der Waals surface area contributed by atoms with Crippen LogP contribution in [0, 0.1) is 12.3 Å². The number of anilines is 1. The van der Waals surface area contributed by atoms with Crippen molar-refractivity contribution in [3.05, 3.63) is 23.4 Å². The Morgan fingerprint density at radius 3 is 2.44 bits per heavy atom. The van der Waals surface area contributed by atoms with Crippen LogP contribution in [-0.4, -0.2) is 36.3 Å². The maximum absolute atomic E-state index is 6.77. The van der Waals surface area contributed by atoms with Gasteiger partial charge in [-0.2, -0.15) is 0 Å². The summed E-state index contributed by atoms with van der Waals surface area (Å²) in [5.41, 5.74) is 15.5. The Bertz CT molecular complexity index is 703. The number of nitrogens with two attached hydrogens (primary N) is 2. The minimum atomic E-state index is -0.197. The van der Waals surface area contributed by atoms with Gasteiger partial charge in [-0.1, -0.05) is 6.07 Å². The van der Waals surface area contributed by atoms with Crippen LogP contribution in [0.5, 0.6) is 0 Å². The van der Waals surface area contributed by atoms with Crippen LogP contribution in [0.1, 0.15) is 69.0 Å². The Kier molecular flexibility index (Phi) is 4.09. The van der Waals surface area contributed by atoms with Crippen LogP contribution < -0.4 is 16.4 Å². The van der Waals surface area contributed by atoms with E-state index in [1.165, 1.54) is 24.8 Å². The number of pyridine rings is 1. The molecule has 1 aromatic heterocycles. The predicted octanol–water partition coefficient (Wildman–Crippen LogP) is 2.98. The molecule has 148 valence electrons. The van der Waals surface area contributed by atoms with Gasteiger partial charge in [0.2, 0.25) is 0 Å². The predicted molar refractivity (Wildman–Crippen MR) is 108 cm³/mol. The standard InChI is InChI=1S/C22H34N4O/c1-16-18(22(24)14-20(15-22)12-17(23)13-20)4-5-19(25-16)26-9-7-21(8-10-26)6-2-3-11-27-21/h4-5,17H,2-3,6-15,23-24H2,1H3. The number of ether oxygens (including phenoxy) is 1. The molecule has 0 atom stereocenters. The molecule has 3 heterocycles. The van der Waals surface area contributed by atoms with Crippen LogP contribution >= 0.6 is 0 Å². The molecular weight excluding hydrogens is 336 g/mol. The first-order valence-electron chi connectivity index (χ1n) is 10.8. The summed E-state index contributed by atoms with van der Waals surface area (Å²) < 4.78 is 6.17. The van der Waals surface area contributed by atoms with E-state index in [2.05, 4.69) is 24.0 Å². The highest BCUT2D eigenvalue weighted by atomic mass is 16.5. The largest absolute Gasteiger partial charge is 0.375 e. The lowest BCUT2D eigenvalue weighted by Crippen LogP contribution is -2.63. The van der Waals surface area contributed by atoms with Crippen molar-refractivity contribution in [2.24, 2.45) is 16.9 Å². The fourth-order valence-electron chi connectivity index (χ4n) is 6.52. The Hall–Kier alpha value is -1.17. The van der Waals surface area contributed by atoms with E-state index >= 15 is 0 Å². The molecular formula is C22H34N4O. The van der Waals surface area contributed by atoms with E-state index in [1.54, 1.807) is 0 Å². The highest BCUT2D eigenvalue weighted by Crippen LogP contribution is 2.62. The van der Waals surface area contributed by atoms with Crippen LogP contribution in [0.3, 0.4) is 0 Å². The van der Waals surface area contributed by atoms with Crippen molar-refractivity contribution in [3.8, 4) is 0 Å². The molecule has 0 bridgehead atoms. The van der Waals surface area contributed by atoms with Gasteiger partial charge in [0.25, 0.3) is 0 Å². The molecule has 5 rings (SSSR count). The molecule has 0 radical (unpaired) electrons. The fourth-order valence-corrected chi connectivity index (χ4v) is 6.52. The van der Waals surface area contributed by atoms with E-state index in [0.29, 0.717) is 11.5 Å². The lowest BCUT2D eigenvalue weighted by atomic mass is 9.46. The van der Waals surface area contributed by atoms with Gasteiger partial charge in [-0.05, 0) is 81.8 Å². The Balaban J connectivity index is 1.26. The van der Waals surface area contributed by atoms with Gasteiger partial charge in [0, 0.05) is 37.0 Å². The van der Waals surface area contributed by atoms with Gasteiger partial charge in [-0.3, -0.25) is 0 Å². The Labute approximate surface area is 162 Å². The number of aryl methyl sites for hydroxylation is 1. The lowest BCUT2D eigenvalue weighted by Gasteiger charge is -2.62. The third-order valence-corrected chi connectivity index (χ3v) is 7.81. The molecule has 27 heavy (non-hydrogen) atoms. The minimum Gasteiger partial charge on any atom is -0.375 e. The second-order valence-corrected chi connectivity index (χ2v) is 9.96. The summed E-state index contributed by atoms with van der Waals surface area (Å²) in [7, 11) is 0. The van der Waals surface area contributed by atoms with Crippen molar-refractivity contribution in [1.82, 2.24) is 4.98 Å². The van der Waals surface area contributed by atoms with Crippen LogP contribution in [0.2, 0.25) is 0 Å². The monoisotopic (exact) mass is 370 g/mol. The van der Waals surface area contributed by atoms with Gasteiger partial charge in [0.15, 0.2) is 0 Å². The summed E-state index contributed by atoms with van der Waals surface area (Å²) in [6.07, 6.45) is 10.4. The lowest BCUT2D eigenvalue weighted by molar-refractivity contribution is -0.0921. The quantitative estimate of drug-likeness (QED) is 0.837. The molecule has 2 saturated heterocycles. The number of piperidine rings is 1. The number of nitrogens with zero attached hydrogens (tertiary/aromatic N) is 2. The molecule has 2 spiro atoms. The third kappa shape index (κ3) is 2.99. The number of rotatable bonds is 2. The summed E-state index contributed by atoms with van der Waals surface area (Å²) in [6.45, 7) is 5.15. The second kappa shape index (κ2) is 6.16. The third-order valence-electron chi connectivity index (χ3n) is 7.81. The second-order valence-electron chi connectivity index (χ2n) is 9.96. The molecule has 0 aromatic carbocycles. The highest BCUT2D eigenvalue weighted by Gasteiger charge is 2.58. The molecule has 1 aromatic rings. The molecule has 0 amide bonds. The Morgan fingerprint density at radius 1 is 1.11 bits per heavy atom. The van der Waals surface area contributed by atoms with Gasteiger partial charge in [0.1, 0.15) is 5.82 Å². The summed E-state index contributed by atoms with van der Waals surface area (Å²) in [4.78, 5) is 7.39. The van der Waals surface area contributed by atoms with Gasteiger partial charge >= 0.3 is 0 Å². The summed E-state index contributed by atoms with van der Waals surface area (Å²) in [5, 5.41) is 0. The normalized spacial score (nSPS) is 37.9. The zero-order valence-corrected chi connectivity index (χ0v) is 16.7. The molecule has 2 aliphatic heterocycles. The average molecular weight is 371 g/mol. The van der Waals surface area contributed by atoms with Crippen molar-refractivity contribution in [2.45, 2.75) is 81.9 Å². The fraction of sp³-hybridized carbons (Fsp3) is 0.773. The smallest absolute Gasteiger partial charge is 0.128 e. The van der Waals surface area contributed by atoms with Crippen molar-refractivity contribution < 1.29 is 4.74 Å². The van der Waals surface area contributed by atoms with E-state index in [4.69, 9.17) is 21.2 Å². The van der Waals surface area contributed by atoms with E-state index in [1.807, 2.05) is 0 Å². The molecule has 5 nitrogen and oxygen atoms in total. The summed E-state index contributed by atoms with van der Waals surface area (Å²) in [6, 6.07) is 4.82. The molecule has 0 unspecified atom stereocenters. The molecule has 4 aliphatic rings. The van der Waals surface area contributed by atoms with Gasteiger partial charge < -0.3 is 21.1 Å². The Morgan fingerprint density at radius 2 is 1.85 bits per heavy atom. The topological polar surface area (TPSA) is 77.4 Å². The molecule has 4 fully saturated rings. The zero-order valence-electron chi connectivity index (χ0n) is 16.7. The van der Waals surface area contributed by atoms with Gasteiger partial charge in [-0.25, -0.2) is 4.98 Å². The maximum Gasteiger partial charge on any atom is 0.128 e. The van der Waals surface area contributed by atoms with E-state index in [0.717, 1.165) is 69.7 Å². The molecule has 2 aliphatic carbocycles. The van der Waals surface area contributed by atoms with Crippen LogP contribution in [0.25, 0.3) is 0 Å². The van der Waals surface area contributed by atoms with E-state index in [9.17, 15) is 0 Å². The van der Waals surface area contributed by atoms with Crippen molar-refractivity contribution in [1.29, 1.82) is 0 Å². The average Bonchev–Trinajstić information content (AvgIpc) is 2.60. The summed E-state index contributed by atoms with van der Waals surface area (Å²) >= 11 is 0. The van der Waals surface area contributed by atoms with E-state index in [-0.39, 0.29) is 11.1 Å². The number of aromatic nitrogens is 1. The minimum absolute atomic E-state index is 0.148. The first-order chi connectivity index (χ1) is 12.9.